The quantitative estimate of drug-likeness (QED) is 0.672. The van der Waals surface area contributed by atoms with Crippen LogP contribution in [0.2, 0.25) is 0 Å². The molecular weight excluding hydrogens is 372 g/mol. The lowest BCUT2D eigenvalue weighted by atomic mass is 9.99. The van der Waals surface area contributed by atoms with Crippen molar-refractivity contribution in [2.45, 2.75) is 39.0 Å². The third-order valence-corrected chi connectivity index (χ3v) is 5.50. The Kier molecular flexibility index (Phi) is 6.37. The minimum Gasteiger partial charge on any atom is -0.480 e. The van der Waals surface area contributed by atoms with Gasteiger partial charge in [-0.15, -0.1) is 6.42 Å². The van der Waals surface area contributed by atoms with E-state index in [9.17, 15) is 14.4 Å². The maximum absolute atomic E-state index is 12.8. The van der Waals surface area contributed by atoms with Crippen LogP contribution in [0.3, 0.4) is 0 Å². The van der Waals surface area contributed by atoms with Crippen molar-refractivity contribution < 1.29 is 19.5 Å². The van der Waals surface area contributed by atoms with Crippen LogP contribution in [0.25, 0.3) is 0 Å². The third-order valence-electron chi connectivity index (χ3n) is 5.50. The van der Waals surface area contributed by atoms with E-state index in [1.165, 1.54) is 22.5 Å². The molecule has 2 aliphatic rings. The van der Waals surface area contributed by atoms with Gasteiger partial charge in [-0.1, -0.05) is 12.0 Å². The summed E-state index contributed by atoms with van der Waals surface area (Å²) < 4.78 is 0. The molecule has 0 bridgehead atoms. The van der Waals surface area contributed by atoms with Crippen LogP contribution >= 0.6 is 0 Å². The van der Waals surface area contributed by atoms with Gasteiger partial charge in [0.05, 0.1) is 6.54 Å². The Balaban J connectivity index is 1.62. The lowest BCUT2D eigenvalue weighted by Crippen LogP contribution is -2.49. The molecule has 0 spiro atoms. The van der Waals surface area contributed by atoms with Gasteiger partial charge in [-0.2, -0.15) is 0 Å². The monoisotopic (exact) mass is 398 g/mol. The van der Waals surface area contributed by atoms with Gasteiger partial charge in [0.1, 0.15) is 11.7 Å². The van der Waals surface area contributed by atoms with Gasteiger partial charge in [0.2, 0.25) is 11.8 Å². The van der Waals surface area contributed by atoms with Crippen LogP contribution in [-0.2, 0) is 27.2 Å². The molecule has 154 valence electrons. The van der Waals surface area contributed by atoms with Crippen LogP contribution in [0.5, 0.6) is 0 Å². The number of rotatable bonds is 7. The first-order valence-electron chi connectivity index (χ1n) is 9.91. The molecule has 3 rings (SSSR count). The molecule has 0 aromatic carbocycles. The highest BCUT2D eigenvalue weighted by molar-refractivity contribution is 5.84. The van der Waals surface area contributed by atoms with E-state index in [2.05, 4.69) is 22.3 Å². The first-order valence-corrected chi connectivity index (χ1v) is 9.91. The van der Waals surface area contributed by atoms with Crippen molar-refractivity contribution in [1.82, 2.24) is 15.0 Å². The Bertz CT molecular complexity index is 848. The van der Waals surface area contributed by atoms with E-state index < -0.39 is 17.8 Å². The highest BCUT2D eigenvalue weighted by Crippen LogP contribution is 2.26. The zero-order chi connectivity index (χ0) is 21.0. The number of fused-ring (bicyclic) bond motifs is 1. The van der Waals surface area contributed by atoms with Gasteiger partial charge in [-0.25, -0.2) is 9.99 Å². The molecule has 2 aliphatic heterocycles. The molecule has 3 heterocycles. The lowest BCUT2D eigenvalue weighted by molar-refractivity contribution is -0.162. The van der Waals surface area contributed by atoms with Crippen LogP contribution in [0, 0.1) is 24.2 Å². The molecule has 2 N–H and O–H groups in total. The Labute approximate surface area is 170 Å². The number of aliphatic carboxylic acids is 1. The predicted octanol–water partition coefficient (Wildman–Crippen LogP) is 1.32. The number of terminal acetylenes is 1. The minimum atomic E-state index is -1.19. The number of aromatic nitrogens is 1. The number of carboxylic acids is 1. The van der Waals surface area contributed by atoms with Crippen molar-refractivity contribution in [2.75, 3.05) is 25.0 Å². The van der Waals surface area contributed by atoms with Crippen LogP contribution < -0.4 is 5.32 Å². The number of nitrogens with zero attached hydrogens (tertiary/aromatic N) is 3. The number of carboxylic acid groups (broad SMARTS) is 1. The molecule has 0 saturated carbocycles. The number of pyridine rings is 1. The number of nitrogens with one attached hydrogen (secondary N) is 1. The standard InChI is InChI=1S/C21H26N4O4/c1-3-15(21(28)29)13-25(14(2)26)24-12-10-17(20(24)27)7-9-18-8-6-16-5-4-11-22-19(16)23-18/h1,6,8,15,17H,4-5,7,9-13H2,2H3,(H,22,23)(H,28,29)/t15-,17?/m0/s1. The molecule has 2 amide bonds. The summed E-state index contributed by atoms with van der Waals surface area (Å²) >= 11 is 0. The highest BCUT2D eigenvalue weighted by atomic mass is 16.4. The first-order chi connectivity index (χ1) is 13.9. The van der Waals surface area contributed by atoms with E-state index in [4.69, 9.17) is 11.5 Å². The highest BCUT2D eigenvalue weighted by Gasteiger charge is 2.37. The molecule has 0 radical (unpaired) electrons. The largest absolute Gasteiger partial charge is 0.480 e. The van der Waals surface area contributed by atoms with Gasteiger partial charge >= 0.3 is 5.97 Å². The zero-order valence-corrected chi connectivity index (χ0v) is 16.6. The van der Waals surface area contributed by atoms with Crippen molar-refractivity contribution in [3.8, 4) is 12.3 Å². The summed E-state index contributed by atoms with van der Waals surface area (Å²) in [7, 11) is 0. The van der Waals surface area contributed by atoms with Gasteiger partial charge in [-0.3, -0.25) is 19.4 Å². The second-order valence-electron chi connectivity index (χ2n) is 7.48. The summed E-state index contributed by atoms with van der Waals surface area (Å²) in [5.74, 6) is -0.0377. The maximum atomic E-state index is 12.8. The second kappa shape index (κ2) is 8.95. The molecule has 1 aromatic rings. The van der Waals surface area contributed by atoms with Gasteiger partial charge in [0, 0.05) is 31.6 Å². The molecular formula is C21H26N4O4. The number of anilines is 1. The van der Waals surface area contributed by atoms with Crippen LogP contribution in [0.15, 0.2) is 12.1 Å². The summed E-state index contributed by atoms with van der Waals surface area (Å²) in [5, 5.41) is 15.0. The molecule has 0 aliphatic carbocycles. The maximum Gasteiger partial charge on any atom is 0.320 e. The summed E-state index contributed by atoms with van der Waals surface area (Å²) in [6.07, 6.45) is 9.30. The zero-order valence-electron chi connectivity index (χ0n) is 16.6. The second-order valence-corrected chi connectivity index (χ2v) is 7.48. The Morgan fingerprint density at radius 2 is 2.28 bits per heavy atom. The minimum absolute atomic E-state index is 0.169. The van der Waals surface area contributed by atoms with Gasteiger partial charge in [0.25, 0.3) is 0 Å². The SMILES string of the molecule is C#C[C@@H](CN(C(C)=O)N1CCC(CCc2ccc3c(n2)NCCC3)C1=O)C(=O)O. The number of carbonyl (C=O) groups excluding carboxylic acids is 2. The van der Waals surface area contributed by atoms with Crippen LogP contribution in [0.4, 0.5) is 5.82 Å². The molecule has 2 atom stereocenters. The van der Waals surface area contributed by atoms with Crippen molar-refractivity contribution >= 4 is 23.6 Å². The predicted molar refractivity (Wildman–Crippen MR) is 107 cm³/mol. The normalized spacial score (nSPS) is 19.1. The first kappa shape index (κ1) is 20.6. The number of hydrogen-bond donors (Lipinski definition) is 2. The van der Waals surface area contributed by atoms with Gasteiger partial charge < -0.3 is 10.4 Å². The van der Waals surface area contributed by atoms with Gasteiger partial charge in [0.15, 0.2) is 0 Å². The van der Waals surface area contributed by atoms with Gasteiger partial charge in [-0.05, 0) is 43.7 Å². The van der Waals surface area contributed by atoms with E-state index in [-0.39, 0.29) is 18.4 Å². The average Bonchev–Trinajstić information content (AvgIpc) is 3.06. The summed E-state index contributed by atoms with van der Waals surface area (Å²) in [6, 6.07) is 4.10. The smallest absolute Gasteiger partial charge is 0.320 e. The van der Waals surface area contributed by atoms with E-state index >= 15 is 0 Å². The Morgan fingerprint density at radius 1 is 1.48 bits per heavy atom. The number of hydrogen-bond acceptors (Lipinski definition) is 5. The molecule has 29 heavy (non-hydrogen) atoms. The number of aryl methyl sites for hydroxylation is 2. The van der Waals surface area contributed by atoms with Crippen LogP contribution in [0.1, 0.15) is 37.4 Å². The number of hydrazine groups is 1. The van der Waals surface area contributed by atoms with Crippen molar-refractivity contribution in [2.24, 2.45) is 11.8 Å². The Morgan fingerprint density at radius 3 is 2.97 bits per heavy atom. The van der Waals surface area contributed by atoms with E-state index in [0.717, 1.165) is 30.9 Å². The fourth-order valence-corrected chi connectivity index (χ4v) is 3.83. The molecule has 1 fully saturated rings. The van der Waals surface area contributed by atoms with Crippen molar-refractivity contribution in [3.63, 3.8) is 0 Å². The van der Waals surface area contributed by atoms with Crippen molar-refractivity contribution in [1.29, 1.82) is 0 Å². The lowest BCUT2D eigenvalue weighted by Gasteiger charge is -2.32. The third kappa shape index (κ3) is 4.67. The summed E-state index contributed by atoms with van der Waals surface area (Å²) in [6.45, 7) is 2.40. The Hall–Kier alpha value is -3.08. The fourth-order valence-electron chi connectivity index (χ4n) is 3.83. The molecule has 1 saturated heterocycles. The van der Waals surface area contributed by atoms with Crippen LogP contribution in [-0.4, -0.2) is 57.5 Å². The number of carbonyl (C=O) groups is 3. The molecule has 1 aromatic heterocycles. The van der Waals surface area contributed by atoms with E-state index in [1.54, 1.807) is 0 Å². The summed E-state index contributed by atoms with van der Waals surface area (Å²) in [5.41, 5.74) is 2.16. The average molecular weight is 398 g/mol. The molecule has 8 nitrogen and oxygen atoms in total. The molecule has 1 unspecified atom stereocenters. The molecule has 8 heteroatoms. The van der Waals surface area contributed by atoms with Crippen molar-refractivity contribution in [3.05, 3.63) is 23.4 Å². The van der Waals surface area contributed by atoms with E-state index in [0.29, 0.717) is 25.8 Å². The van der Waals surface area contributed by atoms with E-state index in [1.807, 2.05) is 6.07 Å². The number of amides is 2. The summed E-state index contributed by atoms with van der Waals surface area (Å²) in [4.78, 5) is 40.8. The fraction of sp³-hybridized carbons (Fsp3) is 0.524. The topological polar surface area (TPSA) is 103 Å².